The van der Waals surface area contributed by atoms with Crippen molar-refractivity contribution in [1.29, 1.82) is 0 Å². The van der Waals surface area contributed by atoms with Gasteiger partial charge < -0.3 is 29.7 Å². The van der Waals surface area contributed by atoms with Crippen molar-refractivity contribution in [3.63, 3.8) is 0 Å². The Morgan fingerprint density at radius 2 is 1.46 bits per heavy atom. The Morgan fingerprint density at radius 1 is 0.840 bits per heavy atom. The van der Waals surface area contributed by atoms with Gasteiger partial charge in [-0.25, -0.2) is 13.1 Å². The normalized spacial score (nSPS) is 24.0. The molecule has 0 unspecified atom stereocenters. The molecule has 1 spiro atoms. The smallest absolute Gasteiger partial charge is 0.247 e. The van der Waals surface area contributed by atoms with Gasteiger partial charge in [0, 0.05) is 43.3 Å². The molecule has 3 N–H and O–H groups in total. The van der Waals surface area contributed by atoms with E-state index in [0.717, 1.165) is 53.9 Å². The number of carbonyl (C=O) groups is 1. The number of anilines is 1. The van der Waals surface area contributed by atoms with Gasteiger partial charge in [0.15, 0.2) is 6.29 Å². The Kier molecular flexibility index (Phi) is 10.1. The van der Waals surface area contributed by atoms with E-state index >= 15 is 0 Å². The number of likely N-dealkylation sites (tertiary alicyclic amines) is 1. The summed E-state index contributed by atoms with van der Waals surface area (Å²) in [6, 6.07) is 34.0. The first-order valence-corrected chi connectivity index (χ1v) is 18.7. The van der Waals surface area contributed by atoms with Crippen LogP contribution >= 0.6 is 0 Å². The molecule has 3 heterocycles. The van der Waals surface area contributed by atoms with E-state index in [4.69, 9.17) is 9.47 Å². The largest absolute Gasteiger partial charge is 0.392 e. The van der Waals surface area contributed by atoms with Crippen LogP contribution in [-0.4, -0.2) is 62.3 Å². The third kappa shape index (κ3) is 7.07. The number of amides is 1. The van der Waals surface area contributed by atoms with Crippen molar-refractivity contribution >= 4 is 21.6 Å². The van der Waals surface area contributed by atoms with E-state index < -0.39 is 21.9 Å². The molecular weight excluding hydrogens is 653 g/mol. The zero-order valence-electron chi connectivity index (χ0n) is 28.1. The van der Waals surface area contributed by atoms with Crippen LogP contribution in [0.25, 0.3) is 0 Å². The molecule has 0 radical (unpaired) electrons. The molecule has 11 heteroatoms. The number of piperidine rings is 1. The first-order valence-electron chi connectivity index (χ1n) is 17.2. The highest BCUT2D eigenvalue weighted by Crippen LogP contribution is 2.43. The molecule has 262 valence electrons. The highest BCUT2D eigenvalue weighted by atomic mass is 32.2. The van der Waals surface area contributed by atoms with E-state index in [1.165, 1.54) is 0 Å². The summed E-state index contributed by atoms with van der Waals surface area (Å²) in [6.45, 7) is 5.00. The molecule has 7 rings (SSSR count). The lowest BCUT2D eigenvalue weighted by Crippen LogP contribution is -2.57. The fourth-order valence-corrected chi connectivity index (χ4v) is 8.41. The first kappa shape index (κ1) is 34.4. The standard InChI is InChI=1S/C39H44N4O6S/c1-28-35(25-42-22-20-39(21-23-42)38(45)40-27-43(39)33-8-4-2-5-9-33)48-37(49-36(28)31-16-14-30(26-44)15-17-31)32-18-12-29(13-19-32)24-41-50(46,47)34-10-6-3-7-11-34/h2-19,28,35-37,41,44H,20-27H2,1H3,(H,40,45)/t28-,35+,36+,37+/m0/s1. The first-order chi connectivity index (χ1) is 24.3. The number of carbonyl (C=O) groups excluding carboxylic acids is 1. The second-order valence-electron chi connectivity index (χ2n) is 13.5. The van der Waals surface area contributed by atoms with Gasteiger partial charge in [0.2, 0.25) is 15.9 Å². The van der Waals surface area contributed by atoms with Crippen LogP contribution in [0.1, 0.15) is 54.4 Å². The molecule has 3 aliphatic heterocycles. The monoisotopic (exact) mass is 696 g/mol. The third-order valence-corrected chi connectivity index (χ3v) is 11.8. The molecule has 3 aliphatic rings. The molecule has 4 aromatic carbocycles. The van der Waals surface area contributed by atoms with Crippen LogP contribution < -0.4 is 14.9 Å². The number of ether oxygens (including phenoxy) is 2. The topological polar surface area (TPSA) is 120 Å². The summed E-state index contributed by atoms with van der Waals surface area (Å²) < 4.78 is 41.5. The minimum Gasteiger partial charge on any atom is -0.392 e. The van der Waals surface area contributed by atoms with Crippen molar-refractivity contribution in [3.05, 3.63) is 131 Å². The fourth-order valence-electron chi connectivity index (χ4n) is 7.37. The van der Waals surface area contributed by atoms with E-state index in [0.29, 0.717) is 13.2 Å². The van der Waals surface area contributed by atoms with E-state index in [2.05, 4.69) is 38.9 Å². The Hall–Kier alpha value is -4.10. The molecule has 3 fully saturated rings. The van der Waals surface area contributed by atoms with Crippen molar-refractivity contribution in [1.82, 2.24) is 14.9 Å². The van der Waals surface area contributed by atoms with Crippen molar-refractivity contribution in [3.8, 4) is 0 Å². The van der Waals surface area contributed by atoms with Crippen LogP contribution in [0.5, 0.6) is 0 Å². The van der Waals surface area contributed by atoms with Gasteiger partial charge >= 0.3 is 0 Å². The van der Waals surface area contributed by atoms with Crippen LogP contribution in [0.4, 0.5) is 5.69 Å². The third-order valence-electron chi connectivity index (χ3n) is 10.4. The lowest BCUT2D eigenvalue weighted by atomic mass is 9.84. The number of para-hydroxylation sites is 1. The fraction of sp³-hybridized carbons (Fsp3) is 0.359. The van der Waals surface area contributed by atoms with Gasteiger partial charge in [-0.3, -0.25) is 4.79 Å². The number of rotatable bonds is 10. The second kappa shape index (κ2) is 14.6. The molecule has 0 bridgehead atoms. The molecular formula is C39H44N4O6S. The van der Waals surface area contributed by atoms with Gasteiger partial charge in [0.05, 0.1) is 30.4 Å². The molecule has 50 heavy (non-hydrogen) atoms. The number of sulfonamides is 1. The summed E-state index contributed by atoms with van der Waals surface area (Å²) in [5, 5.41) is 12.7. The molecule has 10 nitrogen and oxygen atoms in total. The van der Waals surface area contributed by atoms with Crippen LogP contribution in [0.2, 0.25) is 0 Å². The van der Waals surface area contributed by atoms with Gasteiger partial charge in [-0.2, -0.15) is 0 Å². The number of benzene rings is 4. The summed E-state index contributed by atoms with van der Waals surface area (Å²) in [5.74, 6) is 0.115. The van der Waals surface area contributed by atoms with Crippen LogP contribution in [0.3, 0.4) is 0 Å². The SMILES string of the molecule is C[C@H]1[C@@H](CN2CCC3(CC2)C(=O)NCN3c2ccccc2)O[C@@H](c2ccc(CNS(=O)(=O)c3ccccc3)cc2)O[C@H]1c1ccc(CO)cc1. The van der Waals surface area contributed by atoms with Crippen molar-refractivity contribution in [2.45, 2.75) is 61.8 Å². The number of nitrogens with one attached hydrogen (secondary N) is 2. The zero-order valence-corrected chi connectivity index (χ0v) is 29.0. The molecule has 0 saturated carbocycles. The van der Waals surface area contributed by atoms with E-state index in [1.54, 1.807) is 30.3 Å². The summed E-state index contributed by atoms with van der Waals surface area (Å²) >= 11 is 0. The molecule has 0 aliphatic carbocycles. The number of nitrogens with zero attached hydrogens (tertiary/aromatic N) is 2. The minimum absolute atomic E-state index is 0.0179. The highest BCUT2D eigenvalue weighted by molar-refractivity contribution is 7.89. The molecule has 4 atom stereocenters. The zero-order chi connectivity index (χ0) is 34.7. The Morgan fingerprint density at radius 3 is 2.12 bits per heavy atom. The molecule has 1 amide bonds. The van der Waals surface area contributed by atoms with Gasteiger partial charge in [-0.05, 0) is 53.8 Å². The van der Waals surface area contributed by atoms with E-state index in [1.807, 2.05) is 66.7 Å². The summed E-state index contributed by atoms with van der Waals surface area (Å²) in [7, 11) is -3.63. The van der Waals surface area contributed by atoms with E-state index in [-0.39, 0.29) is 42.1 Å². The molecule has 3 saturated heterocycles. The summed E-state index contributed by atoms with van der Waals surface area (Å²) in [4.78, 5) is 18.1. The molecule has 0 aromatic heterocycles. The number of aliphatic hydroxyl groups is 1. The van der Waals surface area contributed by atoms with Gasteiger partial charge in [0.1, 0.15) is 5.54 Å². The maximum atomic E-state index is 13.2. The van der Waals surface area contributed by atoms with Crippen LogP contribution in [0.15, 0.2) is 114 Å². The summed E-state index contributed by atoms with van der Waals surface area (Å²) in [5.41, 5.74) is 4.00. The Labute approximate surface area is 294 Å². The van der Waals surface area contributed by atoms with Crippen molar-refractivity contribution in [2.24, 2.45) is 5.92 Å². The lowest BCUT2D eigenvalue weighted by Gasteiger charge is -2.46. The number of hydrogen-bond donors (Lipinski definition) is 3. The highest BCUT2D eigenvalue weighted by Gasteiger charge is 2.51. The van der Waals surface area contributed by atoms with Crippen molar-refractivity contribution in [2.75, 3.05) is 31.2 Å². The Balaban J connectivity index is 1.06. The van der Waals surface area contributed by atoms with Gasteiger partial charge in [0.25, 0.3) is 0 Å². The Bertz CT molecular complexity index is 1850. The minimum atomic E-state index is -3.63. The number of aliphatic hydroxyl groups excluding tert-OH is 1. The van der Waals surface area contributed by atoms with E-state index in [9.17, 15) is 18.3 Å². The maximum absolute atomic E-state index is 13.2. The maximum Gasteiger partial charge on any atom is 0.247 e. The average Bonchev–Trinajstić information content (AvgIpc) is 3.47. The summed E-state index contributed by atoms with van der Waals surface area (Å²) in [6.07, 6.45) is 0.380. The lowest BCUT2D eigenvalue weighted by molar-refractivity contribution is -0.276. The molecule has 4 aromatic rings. The van der Waals surface area contributed by atoms with Crippen molar-refractivity contribution < 1.29 is 27.8 Å². The predicted octanol–water partition coefficient (Wildman–Crippen LogP) is 4.88. The van der Waals surface area contributed by atoms with Gasteiger partial charge in [-0.15, -0.1) is 0 Å². The number of hydrogen-bond acceptors (Lipinski definition) is 8. The quantitative estimate of drug-likeness (QED) is 0.215. The van der Waals surface area contributed by atoms with Crippen LogP contribution in [0, 0.1) is 5.92 Å². The average molecular weight is 697 g/mol. The van der Waals surface area contributed by atoms with Crippen LogP contribution in [-0.2, 0) is 37.4 Å². The predicted molar refractivity (Wildman–Crippen MR) is 190 cm³/mol. The second-order valence-corrected chi connectivity index (χ2v) is 15.2. The van der Waals surface area contributed by atoms with Gasteiger partial charge in [-0.1, -0.05) is 91.9 Å².